The maximum absolute atomic E-state index is 6.64. The summed E-state index contributed by atoms with van der Waals surface area (Å²) in [7, 11) is 0. The van der Waals surface area contributed by atoms with E-state index in [9.17, 15) is 0 Å². The van der Waals surface area contributed by atoms with Crippen molar-refractivity contribution in [2.45, 2.75) is 52.1 Å². The molecule has 0 aliphatic carbocycles. The van der Waals surface area contributed by atoms with Gasteiger partial charge < -0.3 is 19.7 Å². The van der Waals surface area contributed by atoms with E-state index >= 15 is 0 Å². The lowest BCUT2D eigenvalue weighted by Gasteiger charge is -2.37. The predicted molar refractivity (Wildman–Crippen MR) is 158 cm³/mol. The van der Waals surface area contributed by atoms with Crippen molar-refractivity contribution in [2.24, 2.45) is 15.0 Å². The third-order valence-corrected chi connectivity index (χ3v) is 7.71. The quantitative estimate of drug-likeness (QED) is 0.405. The third kappa shape index (κ3) is 5.12. The van der Waals surface area contributed by atoms with Gasteiger partial charge in [0.1, 0.15) is 35.7 Å². The first-order valence-corrected chi connectivity index (χ1v) is 13.9. The van der Waals surface area contributed by atoms with Crippen molar-refractivity contribution in [1.82, 2.24) is 19.5 Å². The molecule has 5 heterocycles. The van der Waals surface area contributed by atoms with Crippen LogP contribution in [0.4, 0.5) is 5.69 Å². The number of ether oxygens (including phenoxy) is 2. The Labute approximate surface area is 237 Å². The van der Waals surface area contributed by atoms with E-state index in [-0.39, 0.29) is 0 Å². The van der Waals surface area contributed by atoms with E-state index < -0.39 is 0 Å². The molecule has 3 aliphatic heterocycles. The van der Waals surface area contributed by atoms with Crippen molar-refractivity contribution in [1.29, 1.82) is 0 Å². The van der Waals surface area contributed by atoms with Crippen LogP contribution in [0, 0.1) is 0 Å². The Morgan fingerprint density at radius 2 is 2.05 bits per heavy atom. The first-order chi connectivity index (χ1) is 19.5. The number of anilines is 1. The zero-order chi connectivity index (χ0) is 27.6. The second kappa shape index (κ2) is 11.2. The van der Waals surface area contributed by atoms with Crippen LogP contribution in [0.2, 0.25) is 5.02 Å². The minimum atomic E-state index is 0.339. The molecule has 206 valence electrons. The zero-order valence-electron chi connectivity index (χ0n) is 22.7. The number of aromatic nitrogens is 3. The number of nitrogens with zero attached hydrogens (tertiary/aromatic N) is 7. The molecule has 3 aliphatic rings. The molecular weight excluding hydrogens is 528 g/mol. The van der Waals surface area contributed by atoms with Gasteiger partial charge in [-0.1, -0.05) is 24.6 Å². The van der Waals surface area contributed by atoms with Crippen molar-refractivity contribution in [2.75, 3.05) is 18.5 Å². The number of hydrogen-bond acceptors (Lipinski definition) is 9. The fraction of sp³-hybridized carbons (Fsp3) is 0.345. The number of fused-ring (bicyclic) bond motifs is 3. The highest BCUT2D eigenvalue weighted by atomic mass is 35.5. The van der Waals surface area contributed by atoms with Crippen LogP contribution in [0.3, 0.4) is 0 Å². The molecule has 6 rings (SSSR count). The summed E-state index contributed by atoms with van der Waals surface area (Å²) in [5, 5.41) is 7.97. The molecule has 1 aromatic carbocycles. The summed E-state index contributed by atoms with van der Waals surface area (Å²) in [4.78, 5) is 21.0. The smallest absolute Gasteiger partial charge is 0.160 e. The number of allylic oxidation sites excluding steroid dienone is 2. The van der Waals surface area contributed by atoms with Crippen LogP contribution in [0.1, 0.15) is 40.0 Å². The van der Waals surface area contributed by atoms with Crippen molar-refractivity contribution in [3.8, 4) is 11.5 Å². The third-order valence-electron chi connectivity index (χ3n) is 7.41. The van der Waals surface area contributed by atoms with Crippen LogP contribution in [0.15, 0.2) is 81.0 Å². The number of rotatable bonds is 6. The maximum atomic E-state index is 6.64. The molecule has 0 radical (unpaired) electrons. The van der Waals surface area contributed by atoms with Gasteiger partial charge in [-0.3, -0.25) is 0 Å². The van der Waals surface area contributed by atoms with E-state index in [4.69, 9.17) is 26.1 Å². The minimum absolute atomic E-state index is 0.339. The van der Waals surface area contributed by atoms with Gasteiger partial charge in [-0.05, 0) is 62.9 Å². The number of pyridine rings is 1. The fourth-order valence-corrected chi connectivity index (χ4v) is 5.42. The molecule has 2 atom stereocenters. The van der Waals surface area contributed by atoms with Gasteiger partial charge in [0.25, 0.3) is 0 Å². The van der Waals surface area contributed by atoms with E-state index in [1.807, 2.05) is 37.3 Å². The Balaban J connectivity index is 1.28. The molecule has 11 heteroatoms. The maximum Gasteiger partial charge on any atom is 0.160 e. The van der Waals surface area contributed by atoms with Crippen LogP contribution in [0.5, 0.6) is 11.5 Å². The van der Waals surface area contributed by atoms with Crippen molar-refractivity contribution >= 4 is 40.8 Å². The van der Waals surface area contributed by atoms with Gasteiger partial charge in [-0.2, -0.15) is 5.10 Å². The standard InChI is InChI=1S/C29H31ClN8O2/c1-4-18(3)29(38-20-7-8-21(38)15-39-14-20)36-27-24(5-2)31-16-33-28(27)35-19-6-9-25(23(30)12-19)40-22-10-11-37-26(13-22)32-17-34-37/h5-6,9-13,16-17,20-21H,4,7-8,14-15H2,1-3H3,(H,31,33,35)/b24-5+,29-18-,36-27+. The Hall–Kier alpha value is -4.02. The molecule has 1 N–H and O–H groups in total. The normalized spacial score (nSPS) is 23.1. The molecule has 0 amide bonds. The molecule has 2 unspecified atom stereocenters. The highest BCUT2D eigenvalue weighted by Gasteiger charge is 2.39. The average molecular weight is 559 g/mol. The summed E-state index contributed by atoms with van der Waals surface area (Å²) in [6, 6.07) is 9.82. The number of halogens is 1. The SMILES string of the molecule is C/C=C1/N=CN=C(Nc2ccc(Oc3ccn4ncnc4c3)c(Cl)c2)/C1=N/C(=C(\C)CC)N1C2CCC1COC2. The van der Waals surface area contributed by atoms with Crippen LogP contribution in [0.25, 0.3) is 5.65 Å². The number of aliphatic imine (C=N–C) groups is 3. The zero-order valence-corrected chi connectivity index (χ0v) is 23.5. The highest BCUT2D eigenvalue weighted by molar-refractivity contribution is 6.53. The Morgan fingerprint density at radius 3 is 2.80 bits per heavy atom. The molecule has 2 fully saturated rings. The van der Waals surface area contributed by atoms with Gasteiger partial charge in [-0.25, -0.2) is 24.5 Å². The fourth-order valence-electron chi connectivity index (χ4n) is 5.20. The molecule has 2 saturated heterocycles. The summed E-state index contributed by atoms with van der Waals surface area (Å²) >= 11 is 6.64. The van der Waals surface area contributed by atoms with Crippen molar-refractivity contribution in [3.63, 3.8) is 0 Å². The van der Waals surface area contributed by atoms with Crippen LogP contribution in [-0.2, 0) is 4.74 Å². The van der Waals surface area contributed by atoms with Crippen LogP contribution < -0.4 is 10.1 Å². The molecular formula is C29H31ClN8O2. The number of nitrogens with one attached hydrogen (secondary N) is 1. The summed E-state index contributed by atoms with van der Waals surface area (Å²) in [6.07, 6.45) is 9.91. The monoisotopic (exact) mass is 558 g/mol. The van der Waals surface area contributed by atoms with Gasteiger partial charge in [0.2, 0.25) is 0 Å². The van der Waals surface area contributed by atoms with Gasteiger partial charge in [0.15, 0.2) is 11.5 Å². The first kappa shape index (κ1) is 26.2. The minimum Gasteiger partial charge on any atom is -0.456 e. The summed E-state index contributed by atoms with van der Waals surface area (Å²) in [5.41, 5.74) is 4.12. The van der Waals surface area contributed by atoms with E-state index in [2.05, 4.69) is 44.1 Å². The number of hydrogen-bond donors (Lipinski definition) is 1. The van der Waals surface area contributed by atoms with Gasteiger partial charge >= 0.3 is 0 Å². The molecule has 40 heavy (non-hydrogen) atoms. The predicted octanol–water partition coefficient (Wildman–Crippen LogP) is 5.88. The van der Waals surface area contributed by atoms with E-state index in [0.717, 1.165) is 49.7 Å². The summed E-state index contributed by atoms with van der Waals surface area (Å²) in [6.45, 7) is 7.74. The molecule has 0 saturated carbocycles. The van der Waals surface area contributed by atoms with Gasteiger partial charge in [-0.15, -0.1) is 0 Å². The van der Waals surface area contributed by atoms with E-state index in [1.54, 1.807) is 23.1 Å². The molecule has 3 aromatic rings. The number of amidine groups is 1. The van der Waals surface area contributed by atoms with Crippen molar-refractivity contribution < 1.29 is 9.47 Å². The molecule has 2 aromatic heterocycles. The first-order valence-electron chi connectivity index (χ1n) is 13.5. The van der Waals surface area contributed by atoms with Crippen molar-refractivity contribution in [3.05, 3.63) is 71.0 Å². The second-order valence-electron chi connectivity index (χ2n) is 9.94. The summed E-state index contributed by atoms with van der Waals surface area (Å²) < 4.78 is 13.5. The Kier molecular flexibility index (Phi) is 7.36. The van der Waals surface area contributed by atoms with Crippen LogP contribution in [-0.4, -0.2) is 62.7 Å². The Morgan fingerprint density at radius 1 is 1.23 bits per heavy atom. The molecule has 10 nitrogen and oxygen atoms in total. The highest BCUT2D eigenvalue weighted by Crippen LogP contribution is 2.35. The Bertz CT molecular complexity index is 1570. The molecule has 0 spiro atoms. The second-order valence-corrected chi connectivity index (χ2v) is 10.3. The lowest BCUT2D eigenvalue weighted by atomic mass is 10.1. The van der Waals surface area contributed by atoms with E-state index in [1.165, 1.54) is 11.9 Å². The average Bonchev–Trinajstić information content (AvgIpc) is 3.53. The topological polar surface area (TPSA) is 101 Å². The summed E-state index contributed by atoms with van der Waals surface area (Å²) in [5.74, 6) is 2.74. The largest absolute Gasteiger partial charge is 0.456 e. The van der Waals surface area contributed by atoms with Gasteiger partial charge in [0, 0.05) is 18.0 Å². The van der Waals surface area contributed by atoms with E-state index in [0.29, 0.717) is 45.8 Å². The van der Waals surface area contributed by atoms with Gasteiger partial charge in [0.05, 0.1) is 36.0 Å². The van der Waals surface area contributed by atoms with Crippen LogP contribution >= 0.6 is 11.6 Å². The number of morpholine rings is 1. The number of benzene rings is 1. The lowest BCUT2D eigenvalue weighted by Crippen LogP contribution is -2.45. The molecule has 2 bridgehead atoms. The lowest BCUT2D eigenvalue weighted by molar-refractivity contribution is 0.00224.